The van der Waals surface area contributed by atoms with Gasteiger partial charge in [0.2, 0.25) is 0 Å². The molecule has 5 unspecified atom stereocenters. The van der Waals surface area contributed by atoms with E-state index in [0.717, 1.165) is 25.7 Å². The Morgan fingerprint density at radius 3 is 2.64 bits per heavy atom. The minimum absolute atomic E-state index is 0.228. The molecule has 3 fully saturated rings. The van der Waals surface area contributed by atoms with Crippen LogP contribution in [-0.4, -0.2) is 22.7 Å². The van der Waals surface area contributed by atoms with Crippen LogP contribution in [0.3, 0.4) is 0 Å². The van der Waals surface area contributed by atoms with Crippen molar-refractivity contribution in [2.24, 2.45) is 17.8 Å². The van der Waals surface area contributed by atoms with Crippen molar-refractivity contribution in [1.29, 1.82) is 0 Å². The molecule has 2 N–H and O–H groups in total. The zero-order valence-electron chi connectivity index (χ0n) is 13.3. The van der Waals surface area contributed by atoms with Gasteiger partial charge in [-0.15, -0.1) is 0 Å². The van der Waals surface area contributed by atoms with Gasteiger partial charge in [0.05, 0.1) is 6.10 Å². The van der Waals surface area contributed by atoms with Crippen LogP contribution in [0, 0.1) is 17.8 Å². The number of hydrogen-bond donors (Lipinski definition) is 2. The van der Waals surface area contributed by atoms with Crippen LogP contribution in [-0.2, 0) is 16.0 Å². The van der Waals surface area contributed by atoms with Crippen LogP contribution >= 0.6 is 0 Å². The van der Waals surface area contributed by atoms with E-state index in [9.17, 15) is 5.11 Å². The lowest BCUT2D eigenvalue weighted by Crippen LogP contribution is -2.44. The molecule has 1 heterocycles. The zero-order valence-corrected chi connectivity index (χ0v) is 13.3. The van der Waals surface area contributed by atoms with Crippen molar-refractivity contribution in [1.82, 2.24) is 5.48 Å². The van der Waals surface area contributed by atoms with E-state index in [0.29, 0.717) is 11.8 Å². The summed E-state index contributed by atoms with van der Waals surface area (Å²) in [4.78, 5) is 5.84. The highest BCUT2D eigenvalue weighted by molar-refractivity contribution is 5.17. The van der Waals surface area contributed by atoms with Crippen LogP contribution in [0.1, 0.15) is 38.7 Å². The number of nitrogens with one attached hydrogen (secondary N) is 1. The van der Waals surface area contributed by atoms with Crippen LogP contribution in [0.25, 0.3) is 0 Å². The van der Waals surface area contributed by atoms with Crippen molar-refractivity contribution in [3.8, 4) is 0 Å². The minimum Gasteiger partial charge on any atom is -0.393 e. The Hall–Kier alpha value is -0.940. The molecule has 0 amide bonds. The van der Waals surface area contributed by atoms with Crippen LogP contribution in [0.15, 0.2) is 30.3 Å². The van der Waals surface area contributed by atoms with Crippen LogP contribution in [0.4, 0.5) is 0 Å². The Kier molecular flexibility index (Phi) is 3.35. The molecule has 4 nitrogen and oxygen atoms in total. The maximum Gasteiger partial charge on any atom is 0.190 e. The second kappa shape index (κ2) is 5.03. The molecule has 3 aliphatic rings. The maximum atomic E-state index is 10.5. The van der Waals surface area contributed by atoms with E-state index in [1.807, 2.05) is 13.8 Å². The first-order valence-corrected chi connectivity index (χ1v) is 8.34. The van der Waals surface area contributed by atoms with Crippen molar-refractivity contribution >= 4 is 0 Å². The highest BCUT2D eigenvalue weighted by atomic mass is 16.9. The molecule has 1 aliphatic heterocycles. The predicted molar refractivity (Wildman–Crippen MR) is 82.6 cm³/mol. The lowest BCUT2D eigenvalue weighted by atomic mass is 9.72. The quantitative estimate of drug-likeness (QED) is 0.882. The average Bonchev–Trinajstić information content (AvgIpc) is 2.85. The molecular formula is C18H25NO3. The maximum absolute atomic E-state index is 10.5. The molecule has 2 bridgehead atoms. The van der Waals surface area contributed by atoms with E-state index in [1.165, 1.54) is 5.56 Å². The van der Waals surface area contributed by atoms with E-state index >= 15 is 0 Å². The Labute approximate surface area is 131 Å². The number of rotatable bonds is 2. The van der Waals surface area contributed by atoms with Crippen LogP contribution < -0.4 is 5.48 Å². The number of fused-ring (bicyclic) bond motifs is 2. The highest BCUT2D eigenvalue weighted by Gasteiger charge is 2.58. The molecule has 120 valence electrons. The number of aliphatic hydroxyl groups is 1. The molecule has 5 atom stereocenters. The van der Waals surface area contributed by atoms with Gasteiger partial charge in [0.25, 0.3) is 0 Å². The van der Waals surface area contributed by atoms with Gasteiger partial charge in [-0.3, -0.25) is 4.84 Å². The minimum atomic E-state index is -0.552. The molecule has 1 aromatic carbocycles. The van der Waals surface area contributed by atoms with Gasteiger partial charge < -0.3 is 9.84 Å². The first kappa shape index (κ1) is 14.6. The standard InChI is InChI=1S/C18H25NO3/c1-17(2)19-22-18(21-17)10-13-9-16(20)15(11-18)14(13)8-12-6-4-3-5-7-12/h3-7,13-16,19-20H,8-11H2,1-2H3. The number of ether oxygens (including phenoxy) is 1. The fourth-order valence-electron chi connectivity index (χ4n) is 4.75. The van der Waals surface area contributed by atoms with E-state index in [-0.39, 0.29) is 12.0 Å². The number of hydroxylamine groups is 1. The SMILES string of the molecule is CC1(C)NOC2(CC3CC(O)C(C2)C3Cc2ccccc2)O1. The van der Waals surface area contributed by atoms with Crippen LogP contribution in [0.2, 0.25) is 0 Å². The van der Waals surface area contributed by atoms with Crippen molar-refractivity contribution in [3.05, 3.63) is 35.9 Å². The number of hydrogen-bond acceptors (Lipinski definition) is 4. The Bertz CT molecular complexity index is 547. The van der Waals surface area contributed by atoms with Gasteiger partial charge in [-0.05, 0) is 50.0 Å². The average molecular weight is 303 g/mol. The molecule has 1 saturated heterocycles. The van der Waals surface area contributed by atoms with Gasteiger partial charge in [0.1, 0.15) is 5.72 Å². The Morgan fingerprint density at radius 1 is 1.23 bits per heavy atom. The van der Waals surface area contributed by atoms with Crippen LogP contribution in [0.5, 0.6) is 0 Å². The lowest BCUT2D eigenvalue weighted by molar-refractivity contribution is -0.226. The largest absolute Gasteiger partial charge is 0.393 e. The molecule has 2 saturated carbocycles. The third-order valence-electron chi connectivity index (χ3n) is 5.55. The van der Waals surface area contributed by atoms with Gasteiger partial charge in [-0.25, -0.2) is 0 Å². The van der Waals surface area contributed by atoms with Crippen molar-refractivity contribution in [2.45, 2.75) is 57.1 Å². The molecule has 0 aromatic heterocycles. The monoisotopic (exact) mass is 303 g/mol. The number of benzene rings is 1. The molecule has 2 aliphatic carbocycles. The molecule has 4 rings (SSSR count). The number of aliphatic hydroxyl groups excluding tert-OH is 1. The highest BCUT2D eigenvalue weighted by Crippen LogP contribution is 2.54. The van der Waals surface area contributed by atoms with Crippen molar-refractivity contribution < 1.29 is 14.7 Å². The van der Waals surface area contributed by atoms with Gasteiger partial charge >= 0.3 is 0 Å². The summed E-state index contributed by atoms with van der Waals surface area (Å²) in [6.45, 7) is 3.96. The summed E-state index contributed by atoms with van der Waals surface area (Å²) < 4.78 is 6.16. The normalized spacial score (nSPS) is 42.9. The Balaban J connectivity index is 1.54. The fourth-order valence-corrected chi connectivity index (χ4v) is 4.75. The molecule has 1 spiro atoms. The summed E-state index contributed by atoms with van der Waals surface area (Å²) in [7, 11) is 0. The molecule has 1 aromatic rings. The Morgan fingerprint density at radius 2 is 2.00 bits per heavy atom. The smallest absolute Gasteiger partial charge is 0.190 e. The third kappa shape index (κ3) is 2.48. The van der Waals surface area contributed by atoms with E-state index < -0.39 is 11.5 Å². The van der Waals surface area contributed by atoms with E-state index in [4.69, 9.17) is 9.57 Å². The topological polar surface area (TPSA) is 50.7 Å². The fraction of sp³-hybridized carbons (Fsp3) is 0.667. The van der Waals surface area contributed by atoms with E-state index in [2.05, 4.69) is 35.8 Å². The summed E-state index contributed by atoms with van der Waals surface area (Å²) in [6, 6.07) is 10.6. The third-order valence-corrected chi connectivity index (χ3v) is 5.55. The van der Waals surface area contributed by atoms with Gasteiger partial charge in [-0.1, -0.05) is 30.3 Å². The summed E-state index contributed by atoms with van der Waals surface area (Å²) in [6.07, 6.45) is 3.33. The first-order chi connectivity index (χ1) is 10.5. The zero-order chi connectivity index (χ0) is 15.4. The second-order valence-electron chi connectivity index (χ2n) is 7.72. The lowest BCUT2D eigenvalue weighted by Gasteiger charge is -2.40. The summed E-state index contributed by atoms with van der Waals surface area (Å²) >= 11 is 0. The van der Waals surface area contributed by atoms with Crippen molar-refractivity contribution in [2.75, 3.05) is 0 Å². The second-order valence-corrected chi connectivity index (χ2v) is 7.72. The molecular weight excluding hydrogens is 278 g/mol. The van der Waals surface area contributed by atoms with E-state index in [1.54, 1.807) is 0 Å². The molecule has 0 radical (unpaired) electrons. The summed E-state index contributed by atoms with van der Waals surface area (Å²) in [5.41, 5.74) is 3.91. The molecule has 4 heteroatoms. The molecule has 22 heavy (non-hydrogen) atoms. The van der Waals surface area contributed by atoms with Crippen molar-refractivity contribution in [3.63, 3.8) is 0 Å². The first-order valence-electron chi connectivity index (χ1n) is 8.34. The summed E-state index contributed by atoms with van der Waals surface area (Å²) in [5, 5.41) is 10.5. The summed E-state index contributed by atoms with van der Waals surface area (Å²) in [5.74, 6) is 0.696. The van der Waals surface area contributed by atoms with Gasteiger partial charge in [-0.2, -0.15) is 5.48 Å². The predicted octanol–water partition coefficient (Wildman–Crippen LogP) is 2.62. The van der Waals surface area contributed by atoms with Gasteiger partial charge in [0, 0.05) is 12.8 Å². The van der Waals surface area contributed by atoms with Gasteiger partial charge in [0.15, 0.2) is 5.79 Å².